The van der Waals surface area contributed by atoms with E-state index in [1.165, 1.54) is 21.2 Å². The van der Waals surface area contributed by atoms with Crippen LogP contribution in [0.4, 0.5) is 0 Å². The van der Waals surface area contributed by atoms with Gasteiger partial charge in [-0.2, -0.15) is 5.10 Å². The number of aryl methyl sites for hydroxylation is 1. The van der Waals surface area contributed by atoms with Gasteiger partial charge < -0.3 is 15.5 Å². The molecule has 1 aliphatic heterocycles. The second-order valence-corrected chi connectivity index (χ2v) is 8.87. The summed E-state index contributed by atoms with van der Waals surface area (Å²) >= 11 is 0. The van der Waals surface area contributed by atoms with Gasteiger partial charge in [0.15, 0.2) is 5.69 Å². The summed E-state index contributed by atoms with van der Waals surface area (Å²) in [5.41, 5.74) is 2.59. The van der Waals surface area contributed by atoms with Crippen molar-refractivity contribution in [3.63, 3.8) is 0 Å². The minimum Gasteiger partial charge on any atom is -0.350 e. The minimum absolute atomic E-state index is 0.155. The number of carbonyl (C=O) groups excluding carboxylic acids is 3. The Morgan fingerprint density at radius 1 is 1.03 bits per heavy atom. The molecule has 34 heavy (non-hydrogen) atoms. The summed E-state index contributed by atoms with van der Waals surface area (Å²) in [5, 5.41) is 10.1. The Labute approximate surface area is 199 Å². The van der Waals surface area contributed by atoms with Gasteiger partial charge >= 0.3 is 0 Å². The van der Waals surface area contributed by atoms with Crippen LogP contribution >= 0.6 is 0 Å². The van der Waals surface area contributed by atoms with Crippen molar-refractivity contribution < 1.29 is 14.4 Å². The van der Waals surface area contributed by atoms with Crippen molar-refractivity contribution in [2.75, 3.05) is 13.6 Å². The Morgan fingerprint density at radius 2 is 1.76 bits per heavy atom. The van der Waals surface area contributed by atoms with Crippen LogP contribution < -0.4 is 10.6 Å². The first-order valence-corrected chi connectivity index (χ1v) is 11.3. The van der Waals surface area contributed by atoms with Crippen LogP contribution in [0.1, 0.15) is 44.6 Å². The molecule has 3 amide bonds. The van der Waals surface area contributed by atoms with Crippen molar-refractivity contribution in [1.29, 1.82) is 0 Å². The van der Waals surface area contributed by atoms with Crippen LogP contribution in [0.2, 0.25) is 0 Å². The molecule has 0 fully saturated rings. The van der Waals surface area contributed by atoms with Gasteiger partial charge in [-0.1, -0.05) is 60.2 Å². The van der Waals surface area contributed by atoms with Gasteiger partial charge in [0.2, 0.25) is 5.91 Å². The van der Waals surface area contributed by atoms with Crippen molar-refractivity contribution in [3.8, 4) is 0 Å². The third-order valence-corrected chi connectivity index (χ3v) is 6.30. The standard InChI is InChI=1S/C26H29N5O3/c1-18-8-7-11-19(14-18)12-13-27-23(32)21-15-22-24(33)30(3)26(2,17-31(22)29-21)25(34)28-16-20-9-5-4-6-10-20/h4-11,14-15H,12-13,16-17H2,1-3H3,(H,27,32)(H,28,34)/t26-/m1/s1. The summed E-state index contributed by atoms with van der Waals surface area (Å²) in [5.74, 6) is -0.979. The molecule has 2 heterocycles. The lowest BCUT2D eigenvalue weighted by Gasteiger charge is -2.40. The van der Waals surface area contributed by atoms with Crippen molar-refractivity contribution in [3.05, 3.63) is 88.7 Å². The quantitative estimate of drug-likeness (QED) is 0.567. The largest absolute Gasteiger partial charge is 0.350 e. The van der Waals surface area contributed by atoms with Crippen LogP contribution in [0, 0.1) is 6.92 Å². The van der Waals surface area contributed by atoms with Crippen molar-refractivity contribution in [1.82, 2.24) is 25.3 Å². The van der Waals surface area contributed by atoms with E-state index in [2.05, 4.69) is 21.8 Å². The molecule has 0 aliphatic carbocycles. The van der Waals surface area contributed by atoms with Crippen molar-refractivity contribution in [2.24, 2.45) is 0 Å². The lowest BCUT2D eigenvalue weighted by molar-refractivity contribution is -0.132. The van der Waals surface area contributed by atoms with Gasteiger partial charge in [0.25, 0.3) is 11.8 Å². The van der Waals surface area contributed by atoms with E-state index in [9.17, 15) is 14.4 Å². The predicted octanol–water partition coefficient (Wildman–Crippen LogP) is 2.32. The zero-order chi connectivity index (χ0) is 24.3. The monoisotopic (exact) mass is 459 g/mol. The molecule has 2 N–H and O–H groups in total. The first-order valence-electron chi connectivity index (χ1n) is 11.3. The van der Waals surface area contributed by atoms with Gasteiger partial charge in [0.1, 0.15) is 11.2 Å². The Bertz CT molecular complexity index is 1220. The van der Waals surface area contributed by atoms with E-state index in [0.29, 0.717) is 25.2 Å². The molecule has 8 heteroatoms. The minimum atomic E-state index is -1.14. The summed E-state index contributed by atoms with van der Waals surface area (Å²) in [7, 11) is 1.60. The first-order chi connectivity index (χ1) is 16.3. The van der Waals surface area contributed by atoms with Crippen LogP contribution in [-0.2, 0) is 24.3 Å². The molecule has 2 aromatic carbocycles. The molecule has 1 atom stereocenters. The first kappa shape index (κ1) is 23.2. The Hall–Kier alpha value is -3.94. The SMILES string of the molecule is Cc1cccc(CCNC(=O)c2cc3n(n2)C[C@](C)(C(=O)NCc2ccccc2)N(C)C3=O)c1. The van der Waals surface area contributed by atoms with Crippen molar-refractivity contribution in [2.45, 2.75) is 38.9 Å². The van der Waals surface area contributed by atoms with Crippen LogP contribution in [0.25, 0.3) is 0 Å². The summed E-state index contributed by atoms with van der Waals surface area (Å²) in [6.45, 7) is 4.70. The number of amides is 3. The number of benzene rings is 2. The maximum atomic E-state index is 13.1. The highest BCUT2D eigenvalue weighted by atomic mass is 16.2. The lowest BCUT2D eigenvalue weighted by Crippen LogP contribution is -2.62. The highest BCUT2D eigenvalue weighted by Gasteiger charge is 2.46. The fraction of sp³-hybridized carbons (Fsp3) is 0.308. The number of nitrogens with zero attached hydrogens (tertiary/aromatic N) is 3. The highest BCUT2D eigenvalue weighted by Crippen LogP contribution is 2.26. The molecule has 0 saturated carbocycles. The van der Waals surface area contributed by atoms with E-state index in [1.807, 2.05) is 55.5 Å². The number of nitrogens with one attached hydrogen (secondary N) is 2. The van der Waals surface area contributed by atoms with E-state index in [0.717, 1.165) is 11.1 Å². The maximum Gasteiger partial charge on any atom is 0.272 e. The fourth-order valence-corrected chi connectivity index (χ4v) is 4.09. The van der Waals surface area contributed by atoms with E-state index >= 15 is 0 Å². The number of hydrogen-bond acceptors (Lipinski definition) is 4. The fourth-order valence-electron chi connectivity index (χ4n) is 4.09. The molecule has 0 unspecified atom stereocenters. The summed E-state index contributed by atoms with van der Waals surface area (Å²) in [6, 6.07) is 19.2. The third kappa shape index (κ3) is 4.71. The molecule has 1 aliphatic rings. The smallest absolute Gasteiger partial charge is 0.272 e. The molecule has 0 bridgehead atoms. The Morgan fingerprint density at radius 3 is 2.50 bits per heavy atom. The molecule has 8 nitrogen and oxygen atoms in total. The van der Waals surface area contributed by atoms with Crippen molar-refractivity contribution >= 4 is 17.7 Å². The van der Waals surface area contributed by atoms with Crippen LogP contribution in [0.15, 0.2) is 60.7 Å². The normalized spacial score (nSPS) is 17.3. The molecule has 1 aromatic heterocycles. The van der Waals surface area contributed by atoms with E-state index in [1.54, 1.807) is 14.0 Å². The zero-order valence-electron chi connectivity index (χ0n) is 19.7. The van der Waals surface area contributed by atoms with Crippen LogP contribution in [0.5, 0.6) is 0 Å². The maximum absolute atomic E-state index is 13.1. The van der Waals surface area contributed by atoms with Crippen LogP contribution in [0.3, 0.4) is 0 Å². The lowest BCUT2D eigenvalue weighted by atomic mass is 9.96. The molecule has 0 radical (unpaired) electrons. The Balaban J connectivity index is 1.42. The third-order valence-electron chi connectivity index (χ3n) is 6.30. The number of likely N-dealkylation sites (N-methyl/N-ethyl adjacent to an activating group) is 1. The molecule has 3 aromatic rings. The summed E-state index contributed by atoms with van der Waals surface area (Å²) < 4.78 is 1.46. The average Bonchev–Trinajstić information content (AvgIpc) is 3.25. The van der Waals surface area contributed by atoms with Gasteiger partial charge in [0, 0.05) is 26.2 Å². The molecule has 0 saturated heterocycles. The average molecular weight is 460 g/mol. The van der Waals surface area contributed by atoms with Gasteiger partial charge in [-0.3, -0.25) is 19.1 Å². The molecular weight excluding hydrogens is 430 g/mol. The molecule has 0 spiro atoms. The second-order valence-electron chi connectivity index (χ2n) is 8.87. The number of aromatic nitrogens is 2. The predicted molar refractivity (Wildman–Crippen MR) is 128 cm³/mol. The topological polar surface area (TPSA) is 96.3 Å². The number of carbonyl (C=O) groups is 3. The number of hydrogen-bond donors (Lipinski definition) is 2. The van der Waals surface area contributed by atoms with Gasteiger partial charge in [-0.05, 0) is 31.4 Å². The summed E-state index contributed by atoms with van der Waals surface area (Å²) in [6.07, 6.45) is 0.697. The summed E-state index contributed by atoms with van der Waals surface area (Å²) in [4.78, 5) is 40.2. The number of fused-ring (bicyclic) bond motifs is 1. The van der Waals surface area contributed by atoms with E-state index in [4.69, 9.17) is 0 Å². The molecule has 176 valence electrons. The van der Waals surface area contributed by atoms with E-state index < -0.39 is 5.54 Å². The zero-order valence-corrected chi connectivity index (χ0v) is 19.7. The molecular formula is C26H29N5O3. The van der Waals surface area contributed by atoms with Gasteiger partial charge in [-0.25, -0.2) is 0 Å². The molecule has 4 rings (SSSR count). The van der Waals surface area contributed by atoms with Crippen LogP contribution in [-0.4, -0.2) is 51.5 Å². The van der Waals surface area contributed by atoms with Gasteiger partial charge in [0.05, 0.1) is 6.54 Å². The Kier molecular flexibility index (Phi) is 6.49. The van der Waals surface area contributed by atoms with E-state index in [-0.39, 0.29) is 30.0 Å². The van der Waals surface area contributed by atoms with Gasteiger partial charge in [-0.15, -0.1) is 0 Å². The number of rotatable bonds is 7. The highest BCUT2D eigenvalue weighted by molar-refractivity contribution is 6.01. The second kappa shape index (κ2) is 9.51.